The van der Waals surface area contributed by atoms with E-state index in [4.69, 9.17) is 21.1 Å². The first-order chi connectivity index (χ1) is 20.4. The number of nitrogens with zero attached hydrogens (tertiary/aromatic N) is 2. The molecule has 212 valence electrons. The van der Waals surface area contributed by atoms with Crippen molar-refractivity contribution in [3.63, 3.8) is 0 Å². The summed E-state index contributed by atoms with van der Waals surface area (Å²) in [6, 6.07) is 29.9. The van der Waals surface area contributed by atoms with Crippen LogP contribution in [0, 0.1) is 0 Å². The molecule has 4 aromatic rings. The number of rotatable bonds is 0. The van der Waals surface area contributed by atoms with E-state index in [1.807, 2.05) is 121 Å². The molecule has 10 nitrogen and oxygen atoms in total. The monoisotopic (exact) mass is 562 g/mol. The number of amides is 6. The Hall–Kier alpha value is -6.16. The van der Waals surface area contributed by atoms with Crippen molar-refractivity contribution in [2.75, 3.05) is 9.80 Å². The van der Waals surface area contributed by atoms with Crippen molar-refractivity contribution >= 4 is 71.9 Å². The number of primary amides is 4. The molecule has 0 unspecified atom stereocenters. The van der Waals surface area contributed by atoms with Crippen molar-refractivity contribution in [2.24, 2.45) is 22.9 Å². The second kappa shape index (κ2) is 14.8. The lowest BCUT2D eigenvalue weighted by atomic mass is 10.1. The van der Waals surface area contributed by atoms with Gasteiger partial charge in [0.2, 0.25) is 12.8 Å². The van der Waals surface area contributed by atoms with E-state index >= 15 is 0 Å². The van der Waals surface area contributed by atoms with Crippen molar-refractivity contribution in [3.05, 3.63) is 119 Å². The molecule has 2 aliphatic heterocycles. The second-order valence-corrected chi connectivity index (χ2v) is 8.52. The number of carbonyl (C=O) groups is 4. The number of hydrogen-bond donors (Lipinski definition) is 4. The van der Waals surface area contributed by atoms with Crippen LogP contribution in [0.5, 0.6) is 0 Å². The van der Waals surface area contributed by atoms with E-state index in [0.717, 1.165) is 45.0 Å². The third kappa shape index (κ3) is 7.07. The number of benzene rings is 4. The van der Waals surface area contributed by atoms with E-state index in [0.29, 0.717) is 0 Å². The Morgan fingerprint density at radius 1 is 0.452 bits per heavy atom. The molecule has 8 N–H and O–H groups in total. The molecular weight excluding hydrogens is 532 g/mol. The second-order valence-electron chi connectivity index (χ2n) is 8.52. The highest BCUT2D eigenvalue weighted by atomic mass is 16.2. The first kappa shape index (κ1) is 30.4. The van der Waals surface area contributed by atoms with Crippen LogP contribution in [0.1, 0.15) is 22.3 Å². The molecule has 2 aliphatic rings. The Kier molecular flexibility index (Phi) is 10.7. The van der Waals surface area contributed by atoms with Crippen molar-refractivity contribution in [1.82, 2.24) is 0 Å². The van der Waals surface area contributed by atoms with E-state index in [9.17, 15) is 9.59 Å². The van der Waals surface area contributed by atoms with Gasteiger partial charge in [0.1, 0.15) is 0 Å². The molecule has 0 fully saturated rings. The fraction of sp³-hybridized carbons (Fsp3) is 0. The summed E-state index contributed by atoms with van der Waals surface area (Å²) in [6.07, 6.45) is 8.49. The maximum Gasteiger partial charge on any atom is 0.323 e. The van der Waals surface area contributed by atoms with Crippen LogP contribution >= 0.6 is 0 Å². The first-order valence-electron chi connectivity index (χ1n) is 12.6. The van der Waals surface area contributed by atoms with Gasteiger partial charge >= 0.3 is 12.1 Å². The molecule has 42 heavy (non-hydrogen) atoms. The number of nitrogens with two attached hydrogens (primary N) is 4. The van der Waals surface area contributed by atoms with Gasteiger partial charge in [-0.05, 0) is 46.5 Å². The molecule has 0 aliphatic carbocycles. The smallest absolute Gasteiger partial charge is 0.323 e. The molecule has 2 heterocycles. The Labute approximate surface area is 243 Å². The Balaban J connectivity index is 0.000000195. The summed E-state index contributed by atoms with van der Waals surface area (Å²) in [7, 11) is 0. The lowest BCUT2D eigenvalue weighted by Crippen LogP contribution is -2.32. The van der Waals surface area contributed by atoms with Gasteiger partial charge in [0, 0.05) is 0 Å². The van der Waals surface area contributed by atoms with Crippen molar-refractivity contribution < 1.29 is 19.2 Å². The largest absolute Gasteiger partial charge is 0.372 e. The molecule has 0 atom stereocenters. The summed E-state index contributed by atoms with van der Waals surface area (Å²) in [5.74, 6) is 0. The van der Waals surface area contributed by atoms with Crippen molar-refractivity contribution in [2.45, 2.75) is 0 Å². The van der Waals surface area contributed by atoms with E-state index in [1.54, 1.807) is 9.80 Å². The lowest BCUT2D eigenvalue weighted by Gasteiger charge is -2.22. The van der Waals surface area contributed by atoms with Gasteiger partial charge < -0.3 is 22.9 Å². The van der Waals surface area contributed by atoms with Gasteiger partial charge in [-0.2, -0.15) is 0 Å². The van der Waals surface area contributed by atoms with Gasteiger partial charge in [-0.15, -0.1) is 0 Å². The van der Waals surface area contributed by atoms with Crippen LogP contribution in [0.3, 0.4) is 0 Å². The third-order valence-corrected chi connectivity index (χ3v) is 6.04. The summed E-state index contributed by atoms with van der Waals surface area (Å²) >= 11 is 0. The minimum atomic E-state index is -0.474. The highest BCUT2D eigenvalue weighted by Crippen LogP contribution is 2.37. The number of carbonyl (C=O) groups excluding carboxylic acids is 4. The molecule has 0 radical (unpaired) electrons. The summed E-state index contributed by atoms with van der Waals surface area (Å²) < 4.78 is 0. The summed E-state index contributed by atoms with van der Waals surface area (Å²) in [5, 5.41) is 0. The van der Waals surface area contributed by atoms with Crippen molar-refractivity contribution in [1.29, 1.82) is 0 Å². The highest BCUT2D eigenvalue weighted by molar-refractivity contribution is 6.05. The molecule has 0 saturated heterocycles. The van der Waals surface area contributed by atoms with Crippen LogP contribution in [-0.4, -0.2) is 24.9 Å². The minimum absolute atomic E-state index is 0.250. The third-order valence-electron chi connectivity index (χ3n) is 6.04. The minimum Gasteiger partial charge on any atom is -0.372 e. The van der Waals surface area contributed by atoms with Crippen molar-refractivity contribution in [3.8, 4) is 0 Å². The van der Waals surface area contributed by atoms with Gasteiger partial charge in [0.05, 0.1) is 22.7 Å². The van der Waals surface area contributed by atoms with Crippen LogP contribution in [0.25, 0.3) is 24.3 Å². The molecule has 0 spiro atoms. The number of fused-ring (bicyclic) bond motifs is 4. The van der Waals surface area contributed by atoms with E-state index in [2.05, 4.69) is 11.5 Å². The maximum atomic E-state index is 11.8. The molecule has 0 bridgehead atoms. The molecular formula is C32H30N6O4. The van der Waals surface area contributed by atoms with Crippen LogP contribution in [0.2, 0.25) is 0 Å². The molecule has 10 heteroatoms. The van der Waals surface area contributed by atoms with Gasteiger partial charge in [-0.1, -0.05) is 97.1 Å². The molecule has 6 amide bonds. The maximum absolute atomic E-state index is 11.8. The quantitative estimate of drug-likeness (QED) is 0.221. The van der Waals surface area contributed by atoms with Gasteiger partial charge in [0.25, 0.3) is 0 Å². The average molecular weight is 563 g/mol. The number of hydrogen-bond acceptors (Lipinski definition) is 4. The molecule has 0 saturated carbocycles. The summed E-state index contributed by atoms with van der Waals surface area (Å²) in [4.78, 5) is 43.8. The van der Waals surface area contributed by atoms with Gasteiger partial charge in [0.15, 0.2) is 0 Å². The van der Waals surface area contributed by atoms with Crippen LogP contribution in [0.15, 0.2) is 97.1 Å². The topological polar surface area (TPSA) is 179 Å². The SMILES string of the molecule is NC(=O)N1c2ccccc2C=Cc2ccccc21.NC(=O)N1c2ccccc2C=Cc2ccccc21.NC=O.NC=O. The number of urea groups is 2. The predicted octanol–water partition coefficient (Wildman–Crippen LogP) is 4.98. The standard InChI is InChI=1S/2C15H12N2O.2CH3NO/c2*16-15(18)17-13-7-3-1-5-11(13)9-10-12-6-2-4-8-14(12)17;2*2-1-3/h2*1-10H,(H2,16,18);2*1H,(H2,2,3). The summed E-state index contributed by atoms with van der Waals surface area (Å²) in [5.41, 5.74) is 26.5. The molecule has 4 aromatic carbocycles. The van der Waals surface area contributed by atoms with Gasteiger partial charge in [-0.3, -0.25) is 19.4 Å². The Morgan fingerprint density at radius 2 is 0.643 bits per heavy atom. The molecule has 6 rings (SSSR count). The predicted molar refractivity (Wildman–Crippen MR) is 168 cm³/mol. The summed E-state index contributed by atoms with van der Waals surface area (Å²) in [6.45, 7) is 0. The fourth-order valence-electron chi connectivity index (χ4n) is 4.42. The highest BCUT2D eigenvalue weighted by Gasteiger charge is 2.22. The normalized spacial score (nSPS) is 11.3. The zero-order valence-corrected chi connectivity index (χ0v) is 22.5. The average Bonchev–Trinajstić information content (AvgIpc) is 3.26. The zero-order valence-electron chi connectivity index (χ0n) is 22.5. The number of anilines is 4. The van der Waals surface area contributed by atoms with Gasteiger partial charge in [-0.25, -0.2) is 9.59 Å². The fourth-order valence-corrected chi connectivity index (χ4v) is 4.42. The van der Waals surface area contributed by atoms with E-state index < -0.39 is 12.1 Å². The van der Waals surface area contributed by atoms with E-state index in [1.165, 1.54) is 0 Å². The number of para-hydroxylation sites is 4. The zero-order chi connectivity index (χ0) is 30.5. The van der Waals surface area contributed by atoms with Crippen LogP contribution in [0.4, 0.5) is 32.3 Å². The van der Waals surface area contributed by atoms with E-state index in [-0.39, 0.29) is 12.8 Å². The Bertz CT molecular complexity index is 1410. The van der Waals surface area contributed by atoms with Crippen LogP contribution < -0.4 is 32.7 Å². The first-order valence-corrected chi connectivity index (χ1v) is 12.6. The Morgan fingerprint density at radius 3 is 0.833 bits per heavy atom. The van der Waals surface area contributed by atoms with Crippen LogP contribution in [-0.2, 0) is 9.59 Å². The molecule has 0 aromatic heterocycles. The lowest BCUT2D eigenvalue weighted by molar-refractivity contribution is -0.107.